The van der Waals surface area contributed by atoms with Gasteiger partial charge < -0.3 is 20.7 Å². The smallest absolute Gasteiger partial charge is 0.407 e. The lowest BCUT2D eigenvalue weighted by atomic mass is 10.0. The van der Waals surface area contributed by atoms with Crippen molar-refractivity contribution >= 4 is 17.8 Å². The first-order valence-electron chi connectivity index (χ1n) is 7.65. The highest BCUT2D eigenvalue weighted by Crippen LogP contribution is 2.12. The largest absolute Gasteiger partial charge is 0.450 e. The van der Waals surface area contributed by atoms with E-state index in [1.54, 1.807) is 19.1 Å². The van der Waals surface area contributed by atoms with E-state index in [-0.39, 0.29) is 24.9 Å². The second kappa shape index (κ2) is 9.66. The molecule has 1 aromatic carbocycles. The lowest BCUT2D eigenvalue weighted by Crippen LogP contribution is -2.45. The van der Waals surface area contributed by atoms with E-state index >= 15 is 0 Å². The van der Waals surface area contributed by atoms with Crippen molar-refractivity contribution in [2.24, 2.45) is 5.92 Å². The number of halogens is 1. The molecule has 1 rings (SSSR count). The Morgan fingerprint density at radius 3 is 2.57 bits per heavy atom. The number of nitrogens with one attached hydrogen (secondary N) is 3. The number of carbonyl (C=O) groups excluding carboxylic acids is 2. The molecule has 0 bridgehead atoms. The molecule has 0 spiro atoms. The van der Waals surface area contributed by atoms with E-state index in [0.29, 0.717) is 12.3 Å². The standard InChI is InChI=1S/C16H24FN3O3/c1-4-23-16(22)19-12(9-11(2)3)10-18-15(21)20-14-8-6-5-7-13(14)17/h5-8,11-12H,4,9-10H2,1-3H3,(H,19,22)(H2,18,20,21). The van der Waals surface area contributed by atoms with Crippen LogP contribution in [0.1, 0.15) is 27.2 Å². The summed E-state index contributed by atoms with van der Waals surface area (Å²) >= 11 is 0. The first-order valence-corrected chi connectivity index (χ1v) is 7.65. The first-order chi connectivity index (χ1) is 10.9. The molecule has 0 aliphatic heterocycles. The third-order valence-electron chi connectivity index (χ3n) is 2.98. The van der Waals surface area contributed by atoms with Crippen molar-refractivity contribution in [2.75, 3.05) is 18.5 Å². The SMILES string of the molecule is CCOC(=O)NC(CNC(=O)Nc1ccccc1F)CC(C)C. The molecule has 1 unspecified atom stereocenters. The van der Waals surface area contributed by atoms with E-state index in [4.69, 9.17) is 4.74 Å². The molecule has 0 fully saturated rings. The van der Waals surface area contributed by atoms with Gasteiger partial charge in [0.15, 0.2) is 0 Å². The van der Waals surface area contributed by atoms with E-state index in [0.717, 1.165) is 0 Å². The van der Waals surface area contributed by atoms with Gasteiger partial charge in [-0.3, -0.25) is 0 Å². The van der Waals surface area contributed by atoms with E-state index in [2.05, 4.69) is 16.0 Å². The van der Waals surface area contributed by atoms with Gasteiger partial charge in [-0.2, -0.15) is 0 Å². The number of amides is 3. The molecule has 23 heavy (non-hydrogen) atoms. The summed E-state index contributed by atoms with van der Waals surface area (Å²) in [5, 5.41) is 7.75. The Hall–Kier alpha value is -2.31. The van der Waals surface area contributed by atoms with E-state index < -0.39 is 17.9 Å². The second-order valence-electron chi connectivity index (χ2n) is 5.51. The summed E-state index contributed by atoms with van der Waals surface area (Å²) in [6.07, 6.45) is 0.160. The zero-order chi connectivity index (χ0) is 17.2. The van der Waals surface area contributed by atoms with Crippen molar-refractivity contribution in [3.05, 3.63) is 30.1 Å². The monoisotopic (exact) mass is 325 g/mol. The van der Waals surface area contributed by atoms with Crippen molar-refractivity contribution in [1.29, 1.82) is 0 Å². The zero-order valence-corrected chi connectivity index (χ0v) is 13.7. The quantitative estimate of drug-likeness (QED) is 0.720. The zero-order valence-electron chi connectivity index (χ0n) is 13.7. The van der Waals surface area contributed by atoms with Gasteiger partial charge in [0.2, 0.25) is 0 Å². The molecular formula is C16H24FN3O3. The Balaban J connectivity index is 2.51. The van der Waals surface area contributed by atoms with Gasteiger partial charge in [-0.1, -0.05) is 26.0 Å². The number of alkyl carbamates (subject to hydrolysis) is 1. The Morgan fingerprint density at radius 1 is 1.26 bits per heavy atom. The summed E-state index contributed by atoms with van der Waals surface area (Å²) in [5.41, 5.74) is 0.101. The topological polar surface area (TPSA) is 79.5 Å². The minimum Gasteiger partial charge on any atom is -0.450 e. The third-order valence-corrected chi connectivity index (χ3v) is 2.98. The highest BCUT2D eigenvalue weighted by molar-refractivity contribution is 5.89. The van der Waals surface area contributed by atoms with Crippen LogP contribution in [0.2, 0.25) is 0 Å². The van der Waals surface area contributed by atoms with Crippen molar-refractivity contribution < 1.29 is 18.7 Å². The number of urea groups is 1. The number of hydrogen-bond donors (Lipinski definition) is 3. The van der Waals surface area contributed by atoms with Crippen LogP contribution in [-0.4, -0.2) is 31.3 Å². The molecule has 3 N–H and O–H groups in total. The van der Waals surface area contributed by atoms with Crippen LogP contribution in [0.5, 0.6) is 0 Å². The number of hydrogen-bond acceptors (Lipinski definition) is 3. The van der Waals surface area contributed by atoms with Gasteiger partial charge in [0.1, 0.15) is 5.82 Å². The van der Waals surface area contributed by atoms with Gasteiger partial charge in [0.05, 0.1) is 12.3 Å². The van der Waals surface area contributed by atoms with Crippen LogP contribution in [0.15, 0.2) is 24.3 Å². The molecule has 0 saturated heterocycles. The van der Waals surface area contributed by atoms with Crippen LogP contribution < -0.4 is 16.0 Å². The van der Waals surface area contributed by atoms with Crippen LogP contribution in [0.25, 0.3) is 0 Å². The lowest BCUT2D eigenvalue weighted by molar-refractivity contribution is 0.146. The summed E-state index contributed by atoms with van der Waals surface area (Å²) in [5.74, 6) is -0.176. The molecule has 1 atom stereocenters. The van der Waals surface area contributed by atoms with Crippen molar-refractivity contribution in [1.82, 2.24) is 10.6 Å². The molecule has 0 aliphatic carbocycles. The van der Waals surface area contributed by atoms with E-state index in [1.165, 1.54) is 12.1 Å². The van der Waals surface area contributed by atoms with E-state index in [9.17, 15) is 14.0 Å². The lowest BCUT2D eigenvalue weighted by Gasteiger charge is -2.21. The molecule has 128 valence electrons. The van der Waals surface area contributed by atoms with Crippen LogP contribution in [0.3, 0.4) is 0 Å². The fourth-order valence-electron chi connectivity index (χ4n) is 2.05. The maximum Gasteiger partial charge on any atom is 0.407 e. The van der Waals surface area contributed by atoms with Crippen molar-refractivity contribution in [2.45, 2.75) is 33.2 Å². The Kier molecular flexibility index (Phi) is 7.87. The fourth-order valence-corrected chi connectivity index (χ4v) is 2.05. The minimum absolute atomic E-state index is 0.101. The second-order valence-corrected chi connectivity index (χ2v) is 5.51. The highest BCUT2D eigenvalue weighted by Gasteiger charge is 2.16. The summed E-state index contributed by atoms with van der Waals surface area (Å²) in [7, 11) is 0. The maximum absolute atomic E-state index is 13.5. The van der Waals surface area contributed by atoms with Crippen molar-refractivity contribution in [3.63, 3.8) is 0 Å². The molecule has 0 heterocycles. The summed E-state index contributed by atoms with van der Waals surface area (Å²) in [6, 6.07) is 5.11. The number of rotatable bonds is 7. The van der Waals surface area contributed by atoms with Crippen molar-refractivity contribution in [3.8, 4) is 0 Å². The summed E-state index contributed by atoms with van der Waals surface area (Å²) < 4.78 is 18.3. The van der Waals surface area contributed by atoms with Gasteiger partial charge in [0.25, 0.3) is 0 Å². The average Bonchev–Trinajstić information content (AvgIpc) is 2.47. The predicted octanol–water partition coefficient (Wildman–Crippen LogP) is 3.11. The molecule has 3 amide bonds. The number of benzene rings is 1. The minimum atomic E-state index is -0.533. The van der Waals surface area contributed by atoms with Crippen LogP contribution >= 0.6 is 0 Å². The van der Waals surface area contributed by atoms with Gasteiger partial charge >= 0.3 is 12.1 Å². The number of carbonyl (C=O) groups is 2. The van der Waals surface area contributed by atoms with Gasteiger partial charge in [-0.05, 0) is 31.4 Å². The summed E-state index contributed by atoms with van der Waals surface area (Å²) in [6.45, 7) is 6.24. The number of para-hydroxylation sites is 1. The summed E-state index contributed by atoms with van der Waals surface area (Å²) in [4.78, 5) is 23.3. The molecule has 0 radical (unpaired) electrons. The molecular weight excluding hydrogens is 301 g/mol. The highest BCUT2D eigenvalue weighted by atomic mass is 19.1. The molecule has 1 aromatic rings. The van der Waals surface area contributed by atoms with Crippen LogP contribution in [-0.2, 0) is 4.74 Å². The van der Waals surface area contributed by atoms with Gasteiger partial charge in [0, 0.05) is 12.6 Å². The van der Waals surface area contributed by atoms with Crippen LogP contribution in [0, 0.1) is 11.7 Å². The van der Waals surface area contributed by atoms with E-state index in [1.807, 2.05) is 13.8 Å². The fraction of sp³-hybridized carbons (Fsp3) is 0.500. The van der Waals surface area contributed by atoms with Crippen LogP contribution in [0.4, 0.5) is 19.7 Å². The van der Waals surface area contributed by atoms with Gasteiger partial charge in [-0.15, -0.1) is 0 Å². The number of anilines is 1. The molecule has 6 nitrogen and oxygen atoms in total. The Labute approximate surface area is 135 Å². The molecule has 0 aliphatic rings. The molecule has 0 aromatic heterocycles. The molecule has 0 saturated carbocycles. The Bertz CT molecular complexity index is 523. The first kappa shape index (κ1) is 18.7. The predicted molar refractivity (Wildman–Crippen MR) is 86.8 cm³/mol. The average molecular weight is 325 g/mol. The maximum atomic E-state index is 13.5. The third kappa shape index (κ3) is 7.49. The Morgan fingerprint density at radius 2 is 1.96 bits per heavy atom. The molecule has 7 heteroatoms. The number of ether oxygens (including phenoxy) is 1. The van der Waals surface area contributed by atoms with Gasteiger partial charge in [-0.25, -0.2) is 14.0 Å². The normalized spacial score (nSPS) is 11.7.